The highest BCUT2D eigenvalue weighted by Gasteiger charge is 2.49. The fraction of sp³-hybridized carbons (Fsp3) is 0.115. The first-order chi connectivity index (χ1) is 17.8. The Morgan fingerprint density at radius 1 is 1.00 bits per heavy atom. The minimum atomic E-state index is -1.12. The van der Waals surface area contributed by atoms with Gasteiger partial charge in [-0.05, 0) is 42.5 Å². The zero-order valence-corrected chi connectivity index (χ0v) is 20.4. The topological polar surface area (TPSA) is 139 Å². The summed E-state index contributed by atoms with van der Waals surface area (Å²) in [6, 6.07) is 13.1. The smallest absolute Gasteiger partial charge is 0.335 e. The summed E-state index contributed by atoms with van der Waals surface area (Å²) in [5.74, 6) is -2.96. The molecule has 10 nitrogen and oxygen atoms in total. The average Bonchev–Trinajstić information content (AvgIpc) is 3.45. The van der Waals surface area contributed by atoms with E-state index in [-0.39, 0.29) is 33.3 Å². The van der Waals surface area contributed by atoms with Gasteiger partial charge in [0, 0.05) is 6.20 Å². The van der Waals surface area contributed by atoms with E-state index in [0.29, 0.717) is 15.9 Å². The van der Waals surface area contributed by atoms with Crippen molar-refractivity contribution in [3.05, 3.63) is 83.2 Å². The molecule has 11 heteroatoms. The van der Waals surface area contributed by atoms with Crippen molar-refractivity contribution in [2.24, 2.45) is 0 Å². The van der Waals surface area contributed by atoms with Gasteiger partial charge in [0.15, 0.2) is 5.13 Å². The highest BCUT2D eigenvalue weighted by molar-refractivity contribution is 7.22. The number of rotatable bonds is 6. The Hall–Kier alpha value is -4.77. The number of carbonyl (C=O) groups excluding carboxylic acids is 2. The first-order valence-electron chi connectivity index (χ1n) is 10.9. The average molecular weight is 518 g/mol. The molecule has 0 bridgehead atoms. The number of pyridine rings is 1. The molecule has 2 aromatic carbocycles. The molecule has 1 atom stereocenters. The number of hydrogen-bond donors (Lipinski definition) is 2. The van der Waals surface area contributed by atoms with E-state index in [1.807, 2.05) is 0 Å². The first kappa shape index (κ1) is 23.9. The van der Waals surface area contributed by atoms with Crippen LogP contribution in [0.15, 0.2) is 66.4 Å². The molecule has 0 spiro atoms. The molecule has 3 heterocycles. The molecule has 0 aliphatic carbocycles. The molecule has 1 aliphatic heterocycles. The van der Waals surface area contributed by atoms with Crippen molar-refractivity contribution >= 4 is 50.1 Å². The molecular formula is C26H19N3O7S. The number of Topliss-reactive ketones (excluding diaryl/α,β-unsaturated/α-hetero) is 1. The molecule has 1 saturated heterocycles. The van der Waals surface area contributed by atoms with E-state index in [1.165, 1.54) is 43.5 Å². The third kappa shape index (κ3) is 3.95. The van der Waals surface area contributed by atoms with Crippen molar-refractivity contribution in [1.82, 2.24) is 9.97 Å². The number of carbonyl (C=O) groups is 3. The number of ether oxygens (including phenoxy) is 2. The van der Waals surface area contributed by atoms with Gasteiger partial charge in [-0.1, -0.05) is 23.5 Å². The number of aliphatic hydroxyl groups is 1. The van der Waals surface area contributed by atoms with Crippen LogP contribution in [0.3, 0.4) is 0 Å². The molecule has 1 unspecified atom stereocenters. The van der Waals surface area contributed by atoms with Crippen LogP contribution in [-0.2, 0) is 9.59 Å². The van der Waals surface area contributed by atoms with Gasteiger partial charge < -0.3 is 19.7 Å². The van der Waals surface area contributed by atoms with Gasteiger partial charge >= 0.3 is 11.9 Å². The number of aliphatic hydroxyl groups excluding tert-OH is 1. The van der Waals surface area contributed by atoms with E-state index in [9.17, 15) is 24.6 Å². The summed E-state index contributed by atoms with van der Waals surface area (Å²) in [4.78, 5) is 48.3. The van der Waals surface area contributed by atoms with Crippen LogP contribution in [0.4, 0.5) is 5.13 Å². The number of carboxylic acids is 1. The van der Waals surface area contributed by atoms with Gasteiger partial charge in [0.25, 0.3) is 5.78 Å². The number of ketones is 1. The van der Waals surface area contributed by atoms with Crippen molar-refractivity contribution in [2.75, 3.05) is 19.1 Å². The number of anilines is 1. The molecule has 5 rings (SSSR count). The van der Waals surface area contributed by atoms with E-state index >= 15 is 0 Å². The number of aromatic carboxylic acids is 1. The molecular weight excluding hydrogens is 498 g/mol. The van der Waals surface area contributed by atoms with Gasteiger partial charge in [-0.25, -0.2) is 9.78 Å². The van der Waals surface area contributed by atoms with Crippen LogP contribution in [0.2, 0.25) is 0 Å². The number of fused-ring (bicyclic) bond motifs is 1. The lowest BCUT2D eigenvalue weighted by molar-refractivity contribution is -0.132. The summed E-state index contributed by atoms with van der Waals surface area (Å²) < 4.78 is 11.3. The van der Waals surface area contributed by atoms with Gasteiger partial charge in [-0.15, -0.1) is 0 Å². The Bertz CT molecular complexity index is 1570. The lowest BCUT2D eigenvalue weighted by Crippen LogP contribution is -2.29. The Morgan fingerprint density at radius 2 is 1.73 bits per heavy atom. The van der Waals surface area contributed by atoms with E-state index < -0.39 is 29.5 Å². The molecule has 2 N–H and O–H groups in total. The number of nitrogens with zero attached hydrogens (tertiary/aromatic N) is 3. The maximum atomic E-state index is 13.4. The van der Waals surface area contributed by atoms with E-state index in [0.717, 1.165) is 11.3 Å². The SMILES string of the molecule is COc1cccc(OC)c1/C(O)=C1\C(=O)C(=O)N(c2nc3ccc(C(=O)O)cc3s2)C1c1ccccn1. The molecule has 0 radical (unpaired) electrons. The zero-order chi connectivity index (χ0) is 26.3. The maximum Gasteiger partial charge on any atom is 0.335 e. The summed E-state index contributed by atoms with van der Waals surface area (Å²) in [5.41, 5.74) is 0.744. The van der Waals surface area contributed by atoms with Crippen LogP contribution in [0.25, 0.3) is 16.0 Å². The van der Waals surface area contributed by atoms with Crippen molar-refractivity contribution in [3.8, 4) is 11.5 Å². The molecule has 0 saturated carbocycles. The second kappa shape index (κ2) is 9.36. The van der Waals surface area contributed by atoms with E-state index in [4.69, 9.17) is 9.47 Å². The molecule has 37 heavy (non-hydrogen) atoms. The summed E-state index contributed by atoms with van der Waals surface area (Å²) >= 11 is 1.05. The van der Waals surface area contributed by atoms with Crippen molar-refractivity contribution in [2.45, 2.75) is 6.04 Å². The quantitative estimate of drug-likeness (QED) is 0.220. The zero-order valence-electron chi connectivity index (χ0n) is 19.5. The van der Waals surface area contributed by atoms with Crippen LogP contribution < -0.4 is 14.4 Å². The van der Waals surface area contributed by atoms with Crippen LogP contribution in [-0.4, -0.2) is 52.1 Å². The lowest BCUT2D eigenvalue weighted by atomic mass is 9.97. The number of methoxy groups -OCH3 is 2. The standard InChI is InChI=1S/C26H19N3O7S/c1-35-16-7-5-8-17(36-2)19(16)22(30)20-21(15-6-3-4-11-27-15)29(24(32)23(20)31)26-28-14-10-9-13(25(33)34)12-18(14)37-26/h3-12,21,30H,1-2H3,(H,33,34)/b22-20+. The molecule has 1 fully saturated rings. The van der Waals surface area contributed by atoms with Crippen molar-refractivity contribution < 1.29 is 34.1 Å². The Morgan fingerprint density at radius 3 is 2.35 bits per heavy atom. The molecule has 2 aromatic heterocycles. The highest BCUT2D eigenvalue weighted by atomic mass is 32.1. The molecule has 4 aromatic rings. The minimum Gasteiger partial charge on any atom is -0.506 e. The Kier molecular flexibility index (Phi) is 6.06. The summed E-state index contributed by atoms with van der Waals surface area (Å²) in [5, 5.41) is 21.0. The number of carboxylic acid groups (broad SMARTS) is 1. The van der Waals surface area contributed by atoms with Crippen LogP contribution >= 0.6 is 11.3 Å². The predicted molar refractivity (Wildman–Crippen MR) is 135 cm³/mol. The monoisotopic (exact) mass is 517 g/mol. The van der Waals surface area contributed by atoms with Gasteiger partial charge in [0.1, 0.15) is 28.9 Å². The van der Waals surface area contributed by atoms with Gasteiger partial charge in [0.2, 0.25) is 0 Å². The Labute approximate surface area is 214 Å². The molecule has 186 valence electrons. The van der Waals surface area contributed by atoms with Crippen LogP contribution in [0, 0.1) is 0 Å². The van der Waals surface area contributed by atoms with Crippen LogP contribution in [0.1, 0.15) is 27.7 Å². The second-order valence-corrected chi connectivity index (χ2v) is 8.95. The van der Waals surface area contributed by atoms with Gasteiger partial charge in [-0.2, -0.15) is 0 Å². The summed E-state index contributed by atoms with van der Waals surface area (Å²) in [7, 11) is 2.82. The fourth-order valence-electron chi connectivity index (χ4n) is 4.22. The maximum absolute atomic E-state index is 13.4. The summed E-state index contributed by atoms with van der Waals surface area (Å²) in [6.07, 6.45) is 1.51. The fourth-order valence-corrected chi connectivity index (χ4v) is 5.25. The first-order valence-corrected chi connectivity index (χ1v) is 11.7. The van der Waals surface area contributed by atoms with Crippen molar-refractivity contribution in [3.63, 3.8) is 0 Å². The predicted octanol–water partition coefficient (Wildman–Crippen LogP) is 4.03. The Balaban J connectivity index is 1.75. The number of thiazole rings is 1. The lowest BCUT2D eigenvalue weighted by Gasteiger charge is -2.22. The molecule has 1 aliphatic rings. The minimum absolute atomic E-state index is 0.0642. The van der Waals surface area contributed by atoms with Crippen LogP contribution in [0.5, 0.6) is 11.5 Å². The summed E-state index contributed by atoms with van der Waals surface area (Å²) in [6.45, 7) is 0. The van der Waals surface area contributed by atoms with Gasteiger partial charge in [-0.3, -0.25) is 19.5 Å². The number of hydrogen-bond acceptors (Lipinski definition) is 9. The van der Waals surface area contributed by atoms with E-state index in [2.05, 4.69) is 9.97 Å². The normalized spacial score (nSPS) is 16.8. The second-order valence-electron chi connectivity index (χ2n) is 7.95. The van der Waals surface area contributed by atoms with E-state index in [1.54, 1.807) is 36.4 Å². The third-order valence-corrected chi connectivity index (χ3v) is 6.92. The largest absolute Gasteiger partial charge is 0.506 e. The van der Waals surface area contributed by atoms with Gasteiger partial charge in [0.05, 0.1) is 41.3 Å². The highest BCUT2D eigenvalue weighted by Crippen LogP contribution is 2.46. The van der Waals surface area contributed by atoms with Crippen molar-refractivity contribution in [1.29, 1.82) is 0 Å². The number of amides is 1. The molecule has 1 amide bonds. The number of aromatic nitrogens is 2. The number of benzene rings is 2. The third-order valence-electron chi connectivity index (χ3n) is 5.91.